The second kappa shape index (κ2) is 9.73. The molecule has 1 aliphatic heterocycles. The lowest BCUT2D eigenvalue weighted by molar-refractivity contribution is -0.121. The van der Waals surface area contributed by atoms with E-state index in [1.165, 1.54) is 0 Å². The maximum atomic E-state index is 11.9. The third-order valence-corrected chi connectivity index (χ3v) is 3.82. The van der Waals surface area contributed by atoms with Crippen LogP contribution in [0.4, 0.5) is 4.79 Å². The highest BCUT2D eigenvalue weighted by atomic mass is 16.3. The Morgan fingerprint density at radius 2 is 2.05 bits per heavy atom. The second-order valence-electron chi connectivity index (χ2n) is 6.14. The molecule has 0 aliphatic carbocycles. The zero-order valence-electron chi connectivity index (χ0n) is 13.2. The third kappa shape index (κ3) is 7.43. The Labute approximate surface area is 127 Å². The van der Waals surface area contributed by atoms with Crippen LogP contribution in [0.1, 0.15) is 46.0 Å². The molecular formula is C15H29N3O3. The number of hydrogen-bond acceptors (Lipinski definition) is 4. The van der Waals surface area contributed by atoms with Crippen LogP contribution in [0, 0.1) is 5.92 Å². The monoisotopic (exact) mass is 299 g/mol. The number of rotatable bonds is 6. The van der Waals surface area contributed by atoms with Gasteiger partial charge in [0.25, 0.3) is 0 Å². The van der Waals surface area contributed by atoms with Crippen LogP contribution in [0.25, 0.3) is 0 Å². The van der Waals surface area contributed by atoms with Crippen LogP contribution >= 0.6 is 0 Å². The van der Waals surface area contributed by atoms with E-state index in [9.17, 15) is 14.7 Å². The van der Waals surface area contributed by atoms with E-state index in [1.807, 2.05) is 4.90 Å². The van der Waals surface area contributed by atoms with Crippen molar-refractivity contribution in [3.8, 4) is 0 Å². The summed E-state index contributed by atoms with van der Waals surface area (Å²) in [5.41, 5.74) is 0. The maximum Gasteiger partial charge on any atom is 0.321 e. The molecule has 1 fully saturated rings. The molecule has 122 valence electrons. The molecule has 0 aromatic heterocycles. The molecule has 3 amide bonds. The molecule has 0 aromatic rings. The van der Waals surface area contributed by atoms with Crippen LogP contribution in [0.2, 0.25) is 0 Å². The van der Waals surface area contributed by atoms with Gasteiger partial charge < -0.3 is 10.4 Å². The molecular weight excluding hydrogens is 270 g/mol. The highest BCUT2D eigenvalue weighted by Gasteiger charge is 2.22. The quantitative estimate of drug-likeness (QED) is 0.686. The van der Waals surface area contributed by atoms with E-state index in [-0.39, 0.29) is 25.1 Å². The number of aliphatic hydroxyl groups is 1. The Morgan fingerprint density at radius 1 is 1.29 bits per heavy atom. The zero-order chi connectivity index (χ0) is 15.7. The van der Waals surface area contributed by atoms with Crippen molar-refractivity contribution in [3.05, 3.63) is 0 Å². The van der Waals surface area contributed by atoms with E-state index < -0.39 is 6.03 Å². The van der Waals surface area contributed by atoms with Crippen molar-refractivity contribution in [2.24, 2.45) is 5.92 Å². The molecule has 21 heavy (non-hydrogen) atoms. The first-order chi connectivity index (χ1) is 10.0. The highest BCUT2D eigenvalue weighted by molar-refractivity contribution is 5.95. The van der Waals surface area contributed by atoms with Crippen molar-refractivity contribution < 1.29 is 14.7 Å². The van der Waals surface area contributed by atoms with Gasteiger partial charge in [-0.2, -0.15) is 0 Å². The molecule has 1 heterocycles. The minimum absolute atomic E-state index is 0.0299. The molecule has 1 aliphatic rings. The van der Waals surface area contributed by atoms with E-state index in [2.05, 4.69) is 24.5 Å². The van der Waals surface area contributed by atoms with Gasteiger partial charge in [-0.05, 0) is 31.7 Å². The van der Waals surface area contributed by atoms with Gasteiger partial charge >= 0.3 is 6.03 Å². The van der Waals surface area contributed by atoms with Crippen LogP contribution in [0.3, 0.4) is 0 Å². The summed E-state index contributed by atoms with van der Waals surface area (Å²) in [7, 11) is 0. The Kier molecular flexibility index (Phi) is 8.30. The molecule has 6 nitrogen and oxygen atoms in total. The lowest BCUT2D eigenvalue weighted by Crippen LogP contribution is -2.48. The molecule has 6 heteroatoms. The number of nitrogens with zero attached hydrogens (tertiary/aromatic N) is 1. The van der Waals surface area contributed by atoms with Crippen molar-refractivity contribution >= 4 is 11.9 Å². The van der Waals surface area contributed by atoms with Gasteiger partial charge in [-0.25, -0.2) is 4.79 Å². The normalized spacial score (nSPS) is 20.1. The summed E-state index contributed by atoms with van der Waals surface area (Å²) in [6.07, 6.45) is 5.04. The van der Waals surface area contributed by atoms with Gasteiger partial charge in [0.2, 0.25) is 5.91 Å². The van der Waals surface area contributed by atoms with Crippen molar-refractivity contribution in [3.63, 3.8) is 0 Å². The van der Waals surface area contributed by atoms with Gasteiger partial charge in [0.15, 0.2) is 0 Å². The van der Waals surface area contributed by atoms with Gasteiger partial charge in [0.05, 0.1) is 13.2 Å². The highest BCUT2D eigenvalue weighted by Crippen LogP contribution is 2.15. The predicted octanol–water partition coefficient (Wildman–Crippen LogP) is 1.10. The summed E-state index contributed by atoms with van der Waals surface area (Å²) in [5.74, 6) is 0.209. The third-order valence-electron chi connectivity index (χ3n) is 3.82. The molecule has 0 bridgehead atoms. The topological polar surface area (TPSA) is 81.7 Å². The average molecular weight is 299 g/mol. The summed E-state index contributed by atoms with van der Waals surface area (Å²) < 4.78 is 0. The Morgan fingerprint density at radius 3 is 2.71 bits per heavy atom. The van der Waals surface area contributed by atoms with Crippen LogP contribution in [0.5, 0.6) is 0 Å². The number of carbonyl (C=O) groups excluding carboxylic acids is 2. The number of hydrogen-bond donors (Lipinski definition) is 3. The summed E-state index contributed by atoms with van der Waals surface area (Å²) in [6.45, 7) is 5.77. The van der Waals surface area contributed by atoms with Crippen LogP contribution in [-0.2, 0) is 4.79 Å². The molecule has 0 aromatic carbocycles. The van der Waals surface area contributed by atoms with Crippen molar-refractivity contribution in [2.45, 2.75) is 52.0 Å². The zero-order valence-corrected chi connectivity index (χ0v) is 13.2. The van der Waals surface area contributed by atoms with Crippen LogP contribution < -0.4 is 10.6 Å². The fraction of sp³-hybridized carbons (Fsp3) is 0.867. The van der Waals surface area contributed by atoms with Crippen molar-refractivity contribution in [2.75, 3.05) is 26.2 Å². The van der Waals surface area contributed by atoms with Crippen molar-refractivity contribution in [1.82, 2.24) is 15.5 Å². The second-order valence-corrected chi connectivity index (χ2v) is 6.14. The van der Waals surface area contributed by atoms with E-state index >= 15 is 0 Å². The smallest absolute Gasteiger partial charge is 0.321 e. The Balaban J connectivity index is 2.32. The largest absolute Gasteiger partial charge is 0.395 e. The number of imide groups is 1. The summed E-state index contributed by atoms with van der Waals surface area (Å²) in [6, 6.07) is -0.404. The molecule has 0 radical (unpaired) electrons. The van der Waals surface area contributed by atoms with Gasteiger partial charge in [-0.15, -0.1) is 0 Å². The maximum absolute atomic E-state index is 11.9. The van der Waals surface area contributed by atoms with E-state index in [4.69, 9.17) is 0 Å². The molecule has 1 rings (SSSR count). The van der Waals surface area contributed by atoms with Crippen LogP contribution in [-0.4, -0.2) is 54.2 Å². The van der Waals surface area contributed by atoms with E-state index in [0.717, 1.165) is 38.6 Å². The first-order valence-electron chi connectivity index (χ1n) is 7.95. The Hall–Kier alpha value is -1.14. The fourth-order valence-corrected chi connectivity index (χ4v) is 2.52. The molecule has 1 saturated heterocycles. The minimum Gasteiger partial charge on any atom is -0.395 e. The lowest BCUT2D eigenvalue weighted by atomic mass is 10.1. The lowest BCUT2D eigenvalue weighted by Gasteiger charge is -2.27. The standard InChI is InChI=1S/C15H29N3O3/c1-12(2)7-8-16-15(21)17-14(20)10-18-9-5-3-4-6-13(18)11-19/h12-13,19H,3-11H2,1-2H3,(H2,16,17,20,21). The molecule has 0 spiro atoms. The van der Waals surface area contributed by atoms with Crippen LogP contribution in [0.15, 0.2) is 0 Å². The number of carbonyl (C=O) groups is 2. The number of aliphatic hydroxyl groups excluding tert-OH is 1. The molecule has 3 N–H and O–H groups in total. The number of likely N-dealkylation sites (tertiary alicyclic amines) is 1. The van der Waals surface area contributed by atoms with Gasteiger partial charge in [0, 0.05) is 12.6 Å². The fourth-order valence-electron chi connectivity index (χ4n) is 2.52. The van der Waals surface area contributed by atoms with E-state index in [1.54, 1.807) is 0 Å². The molecule has 1 unspecified atom stereocenters. The number of amides is 3. The Bertz CT molecular complexity index is 334. The van der Waals surface area contributed by atoms with E-state index in [0.29, 0.717) is 12.5 Å². The molecule has 1 atom stereocenters. The first-order valence-corrected chi connectivity index (χ1v) is 7.95. The summed E-state index contributed by atoms with van der Waals surface area (Å²) in [5, 5.41) is 14.4. The number of urea groups is 1. The van der Waals surface area contributed by atoms with Gasteiger partial charge in [-0.1, -0.05) is 26.7 Å². The molecule has 0 saturated carbocycles. The summed E-state index contributed by atoms with van der Waals surface area (Å²) in [4.78, 5) is 25.5. The van der Waals surface area contributed by atoms with Crippen molar-refractivity contribution in [1.29, 1.82) is 0 Å². The minimum atomic E-state index is -0.434. The number of nitrogens with one attached hydrogen (secondary N) is 2. The average Bonchev–Trinajstić information content (AvgIpc) is 2.63. The first kappa shape index (κ1) is 17.9. The van der Waals surface area contributed by atoms with Gasteiger partial charge in [0.1, 0.15) is 0 Å². The van der Waals surface area contributed by atoms with Gasteiger partial charge in [-0.3, -0.25) is 15.0 Å². The summed E-state index contributed by atoms with van der Waals surface area (Å²) >= 11 is 0. The SMILES string of the molecule is CC(C)CCNC(=O)NC(=O)CN1CCCCCC1CO. The predicted molar refractivity (Wildman–Crippen MR) is 81.9 cm³/mol.